The van der Waals surface area contributed by atoms with Gasteiger partial charge in [-0.15, -0.1) is 108 Å². The number of aliphatic hydroxyl groups excluding tert-OH is 2. The van der Waals surface area contributed by atoms with Gasteiger partial charge in [0.2, 0.25) is 0 Å². The number of rotatable bonds is 6. The third-order valence-electron chi connectivity index (χ3n) is 7.31. The Morgan fingerprint density at radius 3 is 1.61 bits per heavy atom. The number of aliphatic hydroxyl groups is 2. The fourth-order valence-electron chi connectivity index (χ4n) is 5.00. The number of nitrogens with zero attached hydrogens (tertiary/aromatic N) is 5. The molecule has 0 fully saturated rings. The number of imidazole rings is 2. The summed E-state index contributed by atoms with van der Waals surface area (Å²) < 4.78 is 5.27. The van der Waals surface area contributed by atoms with E-state index in [-0.39, 0.29) is 72.5 Å². The predicted molar refractivity (Wildman–Crippen MR) is 207 cm³/mol. The molecule has 11 heteroatoms. The molecule has 3 radical (unpaired) electrons. The van der Waals surface area contributed by atoms with Crippen molar-refractivity contribution in [1.82, 2.24) is 24.1 Å². The van der Waals surface area contributed by atoms with E-state index in [1.165, 1.54) is 4.70 Å². The maximum atomic E-state index is 8.56. The summed E-state index contributed by atoms with van der Waals surface area (Å²) in [5, 5.41) is 18.2. The fraction of sp³-hybridized carbons (Fsp3) is 0.140. The van der Waals surface area contributed by atoms with Gasteiger partial charge in [-0.3, -0.25) is 15.0 Å². The summed E-state index contributed by atoms with van der Waals surface area (Å²) in [6.45, 7) is 3.32. The molecular weight excluding hydrogens is 1230 g/mol. The second-order valence-electron chi connectivity index (χ2n) is 11.6. The van der Waals surface area contributed by atoms with Crippen LogP contribution in [0.2, 0.25) is 0 Å². The Hall–Kier alpha value is -3.72. The van der Waals surface area contributed by atoms with Crippen LogP contribution in [-0.2, 0) is 67.4 Å². The first-order valence-electron chi connectivity index (χ1n) is 16.6. The number of para-hydroxylation sites is 2. The largest absolute Gasteiger partial charge is 0.393 e. The van der Waals surface area contributed by atoms with Crippen LogP contribution < -0.4 is 0 Å². The van der Waals surface area contributed by atoms with Crippen molar-refractivity contribution in [2.75, 3.05) is 0 Å². The van der Waals surface area contributed by atoms with Crippen LogP contribution in [-0.4, -0.2) is 46.5 Å². The van der Waals surface area contributed by atoms with E-state index in [4.69, 9.17) is 10.2 Å². The topological polar surface area (TPSA) is 89.0 Å². The molecule has 2 N–H and O–H groups in total. The molecule has 0 aliphatic heterocycles. The van der Waals surface area contributed by atoms with Crippen LogP contribution in [0.1, 0.15) is 20.3 Å². The number of hydrogen-bond donors (Lipinski definition) is 2. The quantitative estimate of drug-likeness (QED) is 0.162. The van der Waals surface area contributed by atoms with E-state index in [9.17, 15) is 0 Å². The second-order valence-corrected chi connectivity index (χ2v) is 12.6. The summed E-state index contributed by atoms with van der Waals surface area (Å²) >= 11 is 1.71. The molecule has 0 spiro atoms. The Bertz CT molecular complexity index is 2070. The number of benzene rings is 5. The second kappa shape index (κ2) is 24.6. The number of aryl methyl sites for hydroxylation is 1. The summed E-state index contributed by atoms with van der Waals surface area (Å²) in [5.74, 6) is 1.87. The molecule has 3 aromatic heterocycles. The fourth-order valence-corrected chi connectivity index (χ4v) is 5.95. The maximum absolute atomic E-state index is 8.56. The number of hydrogen-bond acceptors (Lipinski definition) is 6. The van der Waals surface area contributed by atoms with Crippen molar-refractivity contribution >= 4 is 21.6 Å². The molecule has 0 saturated carbocycles. The van der Waals surface area contributed by atoms with Crippen LogP contribution in [0.4, 0.5) is 0 Å². The first-order valence-corrected chi connectivity index (χ1v) is 17.4. The normalized spacial score (nSPS) is 10.9. The van der Waals surface area contributed by atoms with Gasteiger partial charge in [-0.25, -0.2) is 0 Å². The van der Waals surface area contributed by atoms with Gasteiger partial charge in [-0.1, -0.05) is 30.3 Å². The molecule has 2 unspecified atom stereocenters. The van der Waals surface area contributed by atoms with Crippen molar-refractivity contribution < 1.29 is 70.5 Å². The van der Waals surface area contributed by atoms with Gasteiger partial charge < -0.3 is 19.3 Å². The first-order chi connectivity index (χ1) is 24.9. The van der Waals surface area contributed by atoms with Gasteiger partial charge in [0, 0.05) is 108 Å². The molecular formula is C43H40Ir3N5O2S-3. The van der Waals surface area contributed by atoms with E-state index >= 15 is 0 Å². The number of aromatic nitrogens is 5. The van der Waals surface area contributed by atoms with Crippen LogP contribution in [0.15, 0.2) is 152 Å². The van der Waals surface area contributed by atoms with E-state index in [0.29, 0.717) is 6.42 Å². The minimum atomic E-state index is -0.375. The Labute approximate surface area is 362 Å². The molecule has 8 rings (SSSR count). The summed E-state index contributed by atoms with van der Waals surface area (Å²) in [6.07, 6.45) is 7.21. The van der Waals surface area contributed by atoms with Gasteiger partial charge in [0.1, 0.15) is 0 Å². The van der Waals surface area contributed by atoms with E-state index in [1.807, 2.05) is 139 Å². The maximum Gasteiger partial charge on any atom is 0.0697 e. The molecule has 0 amide bonds. The van der Waals surface area contributed by atoms with Crippen LogP contribution in [0.3, 0.4) is 0 Å². The smallest absolute Gasteiger partial charge is 0.0697 e. The zero-order chi connectivity index (χ0) is 35.8. The minimum Gasteiger partial charge on any atom is -0.393 e. The molecule has 285 valence electrons. The third kappa shape index (κ3) is 14.2. The van der Waals surface area contributed by atoms with Crippen molar-refractivity contribution in [1.29, 1.82) is 0 Å². The van der Waals surface area contributed by atoms with Gasteiger partial charge in [0.25, 0.3) is 0 Å². The molecule has 54 heavy (non-hydrogen) atoms. The summed E-state index contributed by atoms with van der Waals surface area (Å²) in [6, 6.07) is 51.5. The van der Waals surface area contributed by atoms with E-state index in [1.54, 1.807) is 31.4 Å². The van der Waals surface area contributed by atoms with Gasteiger partial charge in [0.15, 0.2) is 0 Å². The number of fused-ring (bicyclic) bond motifs is 1. The van der Waals surface area contributed by atoms with Gasteiger partial charge >= 0.3 is 0 Å². The SMILES string of the molecule is CC(O)CC(C)O.Cn1ccnc1-c1[c-]cccc1.[Ir].[Ir].[Ir].[c-]1ccccc1-c1nc2ccccc2s1.[c-]1ccccc1-c1nccn1-c1ccccc1. The Morgan fingerprint density at radius 1 is 0.611 bits per heavy atom. The van der Waals surface area contributed by atoms with Crippen LogP contribution in [0.5, 0.6) is 0 Å². The first kappa shape index (κ1) is 46.4. The number of thiazole rings is 1. The summed E-state index contributed by atoms with van der Waals surface area (Å²) in [5.41, 5.74) is 5.28. The Morgan fingerprint density at radius 2 is 1.11 bits per heavy atom. The molecule has 5 aromatic carbocycles. The zero-order valence-corrected chi connectivity index (χ0v) is 37.8. The van der Waals surface area contributed by atoms with Crippen LogP contribution in [0, 0.1) is 18.2 Å². The van der Waals surface area contributed by atoms with Gasteiger partial charge in [-0.2, -0.15) is 11.3 Å². The molecule has 7 nitrogen and oxygen atoms in total. The third-order valence-corrected chi connectivity index (χ3v) is 8.38. The van der Waals surface area contributed by atoms with E-state index in [2.05, 4.69) is 55.9 Å². The van der Waals surface area contributed by atoms with Crippen LogP contribution in [0.25, 0.3) is 49.3 Å². The molecule has 0 saturated heterocycles. The van der Waals surface area contributed by atoms with Crippen molar-refractivity contribution in [2.45, 2.75) is 32.5 Å². The van der Waals surface area contributed by atoms with Gasteiger partial charge in [0.05, 0.1) is 29.4 Å². The molecule has 3 heterocycles. The molecule has 8 aromatic rings. The Balaban J connectivity index is 0.000000254. The van der Waals surface area contributed by atoms with Gasteiger partial charge in [-0.05, 0) is 44.5 Å². The van der Waals surface area contributed by atoms with Crippen molar-refractivity contribution in [3.8, 4) is 39.0 Å². The molecule has 0 bridgehead atoms. The standard InChI is InChI=1S/C15H11N2.C13H8NS.C10H9N2.C5H12O2.3Ir/c1-3-7-13(8-4-1)15-16-11-12-17(15)14-9-5-2-6-10-14;1-2-6-10(7-3-1)13-14-11-8-4-5-9-12(11)15-13;1-12-8-7-11-10(12)9-5-3-2-4-6-9;1-4(6)3-5(2)7;;;/h1-7,9-12H;1-6,8-9H;2-5,7-8H,1H3;4-7H,3H2,1-2H3;;;/q3*-1;;;;. The van der Waals surface area contributed by atoms with E-state index < -0.39 is 0 Å². The van der Waals surface area contributed by atoms with Crippen LogP contribution >= 0.6 is 11.3 Å². The predicted octanol–water partition coefficient (Wildman–Crippen LogP) is 9.12. The molecule has 0 aliphatic rings. The average Bonchev–Trinajstić information content (AvgIpc) is 3.94. The van der Waals surface area contributed by atoms with Crippen molar-refractivity contribution in [3.05, 3.63) is 170 Å². The molecule has 2 atom stereocenters. The monoisotopic (exact) mass is 1270 g/mol. The zero-order valence-electron chi connectivity index (χ0n) is 29.8. The average molecular weight is 1270 g/mol. The van der Waals surface area contributed by atoms with Crippen molar-refractivity contribution in [2.24, 2.45) is 7.05 Å². The van der Waals surface area contributed by atoms with E-state index in [0.717, 1.165) is 44.6 Å². The summed E-state index contributed by atoms with van der Waals surface area (Å²) in [7, 11) is 1.98. The Kier molecular flexibility index (Phi) is 21.2. The summed E-state index contributed by atoms with van der Waals surface area (Å²) in [4.78, 5) is 13.2. The minimum absolute atomic E-state index is 0. The molecule has 0 aliphatic carbocycles. The van der Waals surface area contributed by atoms with Crippen molar-refractivity contribution in [3.63, 3.8) is 0 Å².